The van der Waals surface area contributed by atoms with E-state index < -0.39 is 0 Å². The van der Waals surface area contributed by atoms with E-state index in [-0.39, 0.29) is 17.5 Å². The third-order valence-electron chi connectivity index (χ3n) is 5.49. The maximum absolute atomic E-state index is 13.4. The third kappa shape index (κ3) is 3.94. The van der Waals surface area contributed by atoms with Gasteiger partial charge in [0, 0.05) is 18.8 Å². The molecule has 2 fully saturated rings. The molecule has 0 radical (unpaired) electrons. The minimum absolute atomic E-state index is 0.198. The summed E-state index contributed by atoms with van der Waals surface area (Å²) in [6.45, 7) is 5.97. The molecule has 1 saturated heterocycles. The van der Waals surface area contributed by atoms with E-state index in [2.05, 4.69) is 11.9 Å². The Bertz CT molecular complexity index is 1120. The molecule has 0 bridgehead atoms. The number of hydrogen-bond acceptors (Lipinski definition) is 6. The van der Waals surface area contributed by atoms with Crippen LogP contribution in [0.2, 0.25) is 0 Å². The molecule has 1 amide bonds. The summed E-state index contributed by atoms with van der Waals surface area (Å²) in [5.41, 5.74) is 1.74. The van der Waals surface area contributed by atoms with E-state index in [9.17, 15) is 9.59 Å². The molecule has 1 aliphatic carbocycles. The molecule has 0 atom stereocenters. The van der Waals surface area contributed by atoms with Crippen LogP contribution in [-0.4, -0.2) is 37.1 Å². The largest absolute Gasteiger partial charge is 0.367 e. The van der Waals surface area contributed by atoms with Gasteiger partial charge in [-0.1, -0.05) is 55.4 Å². The normalized spacial score (nSPS) is 19.1. The number of amides is 1. The third-order valence-corrected chi connectivity index (χ3v) is 6.87. The molecular formula is C22H24N4O2S2. The van der Waals surface area contributed by atoms with E-state index in [1.54, 1.807) is 18.3 Å². The van der Waals surface area contributed by atoms with Crippen molar-refractivity contribution in [1.29, 1.82) is 0 Å². The molecule has 0 unspecified atom stereocenters. The minimum Gasteiger partial charge on any atom is -0.367 e. The molecular weight excluding hydrogens is 416 g/mol. The van der Waals surface area contributed by atoms with E-state index >= 15 is 0 Å². The van der Waals surface area contributed by atoms with Crippen molar-refractivity contribution in [3.8, 4) is 0 Å². The Hall–Kier alpha value is -2.45. The van der Waals surface area contributed by atoms with Crippen LogP contribution >= 0.6 is 24.0 Å². The van der Waals surface area contributed by atoms with E-state index in [0.717, 1.165) is 18.4 Å². The summed E-state index contributed by atoms with van der Waals surface area (Å²) >= 11 is 6.54. The number of rotatable bonds is 5. The fourth-order valence-corrected chi connectivity index (χ4v) is 5.17. The number of thioether (sulfide) groups is 1. The van der Waals surface area contributed by atoms with E-state index in [1.807, 2.05) is 19.1 Å². The van der Waals surface area contributed by atoms with Crippen molar-refractivity contribution in [1.82, 2.24) is 14.3 Å². The molecule has 1 N–H and O–H groups in total. The summed E-state index contributed by atoms with van der Waals surface area (Å²) in [5.74, 6) is 0.331. The summed E-state index contributed by atoms with van der Waals surface area (Å²) in [5, 5.41) is 3.49. The molecule has 0 aromatic carbocycles. The van der Waals surface area contributed by atoms with Gasteiger partial charge >= 0.3 is 0 Å². The van der Waals surface area contributed by atoms with Crippen LogP contribution < -0.4 is 10.9 Å². The second-order valence-corrected chi connectivity index (χ2v) is 9.30. The van der Waals surface area contributed by atoms with Crippen LogP contribution in [0.3, 0.4) is 0 Å². The number of carbonyl (C=O) groups is 1. The first-order valence-electron chi connectivity index (χ1n) is 10.1. The van der Waals surface area contributed by atoms with Gasteiger partial charge in [0.05, 0.1) is 10.5 Å². The van der Waals surface area contributed by atoms with Gasteiger partial charge in [-0.15, -0.1) is 6.58 Å². The van der Waals surface area contributed by atoms with Crippen LogP contribution in [0.5, 0.6) is 0 Å². The average molecular weight is 441 g/mol. The lowest BCUT2D eigenvalue weighted by atomic mass is 9.95. The summed E-state index contributed by atoms with van der Waals surface area (Å²) in [7, 11) is 0. The van der Waals surface area contributed by atoms with Crippen molar-refractivity contribution in [3.05, 3.63) is 57.4 Å². The molecule has 6 nitrogen and oxygen atoms in total. The first kappa shape index (κ1) is 20.8. The Labute approximate surface area is 185 Å². The molecule has 0 spiro atoms. The predicted molar refractivity (Wildman–Crippen MR) is 127 cm³/mol. The summed E-state index contributed by atoms with van der Waals surface area (Å²) < 4.78 is 2.01. The van der Waals surface area contributed by atoms with Crippen molar-refractivity contribution in [2.45, 2.75) is 45.1 Å². The number of nitrogens with one attached hydrogen (secondary N) is 1. The molecule has 8 heteroatoms. The Morgan fingerprint density at radius 3 is 2.83 bits per heavy atom. The summed E-state index contributed by atoms with van der Waals surface area (Å²) in [4.78, 5) is 32.9. The fraction of sp³-hybridized carbons (Fsp3) is 0.364. The van der Waals surface area contributed by atoms with Gasteiger partial charge in [-0.25, -0.2) is 4.98 Å². The molecule has 1 saturated carbocycles. The average Bonchev–Trinajstić information content (AvgIpc) is 3.00. The summed E-state index contributed by atoms with van der Waals surface area (Å²) in [6.07, 6.45) is 10.7. The van der Waals surface area contributed by atoms with Crippen LogP contribution in [-0.2, 0) is 4.79 Å². The smallest absolute Gasteiger partial charge is 0.267 e. The monoisotopic (exact) mass is 440 g/mol. The zero-order valence-corrected chi connectivity index (χ0v) is 18.5. The number of thiocarbonyl (C=S) groups is 1. The Morgan fingerprint density at radius 2 is 2.10 bits per heavy atom. The van der Waals surface area contributed by atoms with E-state index in [0.29, 0.717) is 32.8 Å². The quantitative estimate of drug-likeness (QED) is 0.428. The standard InChI is InChI=1S/C22H24N4O2S2/c1-3-11-26-21(28)17(30-22(26)29)13-16-18(23-15-9-5-4-6-10-15)24-19-14(2)8-7-12-25(19)20(16)27/h3,7-8,12-13,15,23H,1,4-6,9-11H2,2H3. The Morgan fingerprint density at radius 1 is 1.33 bits per heavy atom. The number of anilines is 1. The minimum atomic E-state index is -0.206. The van der Waals surface area contributed by atoms with Crippen molar-refractivity contribution < 1.29 is 4.79 Å². The highest BCUT2D eigenvalue weighted by atomic mass is 32.2. The van der Waals surface area contributed by atoms with E-state index in [1.165, 1.54) is 40.3 Å². The van der Waals surface area contributed by atoms with Gasteiger partial charge in [0.1, 0.15) is 15.8 Å². The molecule has 2 aromatic rings. The SMILES string of the molecule is C=CCN1C(=O)C(=Cc2c(NC3CCCCC3)nc3c(C)cccn3c2=O)SC1=S. The van der Waals surface area contributed by atoms with Crippen LogP contribution in [0, 0.1) is 6.92 Å². The molecule has 2 aromatic heterocycles. The van der Waals surface area contributed by atoms with Gasteiger partial charge in [-0.2, -0.15) is 0 Å². The highest BCUT2D eigenvalue weighted by Gasteiger charge is 2.32. The van der Waals surface area contributed by atoms with Gasteiger partial charge in [-0.05, 0) is 37.5 Å². The number of aryl methyl sites for hydroxylation is 1. The van der Waals surface area contributed by atoms with Gasteiger partial charge in [0.2, 0.25) is 0 Å². The van der Waals surface area contributed by atoms with Crippen LogP contribution in [0.25, 0.3) is 11.7 Å². The van der Waals surface area contributed by atoms with Crippen molar-refractivity contribution in [2.75, 3.05) is 11.9 Å². The van der Waals surface area contributed by atoms with Crippen molar-refractivity contribution in [3.63, 3.8) is 0 Å². The number of aromatic nitrogens is 2. The molecule has 156 valence electrons. The van der Waals surface area contributed by atoms with Crippen LogP contribution in [0.15, 0.2) is 40.7 Å². The molecule has 30 heavy (non-hydrogen) atoms. The lowest BCUT2D eigenvalue weighted by Gasteiger charge is -2.24. The summed E-state index contributed by atoms with van der Waals surface area (Å²) in [6, 6.07) is 4.04. The highest BCUT2D eigenvalue weighted by molar-refractivity contribution is 8.26. The van der Waals surface area contributed by atoms with Gasteiger partial charge in [-0.3, -0.25) is 18.9 Å². The van der Waals surface area contributed by atoms with Gasteiger partial charge < -0.3 is 5.32 Å². The second kappa shape index (κ2) is 8.73. The molecule has 4 rings (SSSR count). The predicted octanol–water partition coefficient (Wildman–Crippen LogP) is 4.13. The zero-order valence-electron chi connectivity index (χ0n) is 16.9. The maximum Gasteiger partial charge on any atom is 0.267 e. The van der Waals surface area contributed by atoms with Gasteiger partial charge in [0.15, 0.2) is 0 Å². The fourth-order valence-electron chi connectivity index (χ4n) is 3.91. The first-order chi connectivity index (χ1) is 14.5. The molecule has 1 aliphatic heterocycles. The second-order valence-electron chi connectivity index (χ2n) is 7.62. The number of carbonyl (C=O) groups excluding carboxylic acids is 1. The van der Waals surface area contributed by atoms with Gasteiger partial charge in [0.25, 0.3) is 11.5 Å². The lowest BCUT2D eigenvalue weighted by Crippen LogP contribution is -2.28. The zero-order chi connectivity index (χ0) is 21.3. The number of fused-ring (bicyclic) bond motifs is 1. The Kier molecular flexibility index (Phi) is 6.06. The maximum atomic E-state index is 13.4. The number of pyridine rings is 1. The Balaban J connectivity index is 1.83. The molecule has 3 heterocycles. The van der Waals surface area contributed by atoms with Crippen molar-refractivity contribution in [2.24, 2.45) is 0 Å². The topological polar surface area (TPSA) is 66.7 Å². The number of nitrogens with zero attached hydrogens (tertiary/aromatic N) is 3. The van der Waals surface area contributed by atoms with Crippen LogP contribution in [0.4, 0.5) is 5.82 Å². The molecule has 2 aliphatic rings. The highest BCUT2D eigenvalue weighted by Crippen LogP contribution is 2.33. The lowest BCUT2D eigenvalue weighted by molar-refractivity contribution is -0.121. The first-order valence-corrected chi connectivity index (χ1v) is 11.4. The van der Waals surface area contributed by atoms with Crippen molar-refractivity contribution >= 4 is 51.7 Å². The number of hydrogen-bond donors (Lipinski definition) is 1. The van der Waals surface area contributed by atoms with Crippen LogP contribution in [0.1, 0.15) is 43.2 Å². The van der Waals surface area contributed by atoms with E-state index in [4.69, 9.17) is 17.2 Å².